The Hall–Kier alpha value is -3.99. The molecule has 3 heterocycles. The van der Waals surface area contributed by atoms with Crippen molar-refractivity contribution in [1.29, 1.82) is 0 Å². The van der Waals surface area contributed by atoms with Crippen LogP contribution in [-0.2, 0) is 27.2 Å². The van der Waals surface area contributed by atoms with Crippen molar-refractivity contribution in [2.24, 2.45) is 5.92 Å². The maximum absolute atomic E-state index is 13.0. The van der Waals surface area contributed by atoms with Crippen LogP contribution >= 0.6 is 0 Å². The summed E-state index contributed by atoms with van der Waals surface area (Å²) in [6.07, 6.45) is -4.49. The number of hydrogen-bond acceptors (Lipinski definition) is 11. The first-order chi connectivity index (χ1) is 25.9. The number of anilines is 1. The normalized spacial score (nSPS) is 27.8. The van der Waals surface area contributed by atoms with E-state index < -0.39 is 44.7 Å². The molecular formula is C40H52N4O9Si. The van der Waals surface area contributed by atoms with Crippen LogP contribution in [0, 0.1) is 5.92 Å². The highest BCUT2D eigenvalue weighted by molar-refractivity contribution is 6.91. The Kier molecular flexibility index (Phi) is 12.7. The second kappa shape index (κ2) is 17.2. The zero-order valence-electron chi connectivity index (χ0n) is 31.1. The topological polar surface area (TPSA) is 189 Å². The van der Waals surface area contributed by atoms with Crippen LogP contribution < -0.4 is 15.2 Å². The minimum Gasteiger partial charge on any atom is -0.497 e. The number of aliphatic hydroxyl groups excluding tert-OH is 5. The summed E-state index contributed by atoms with van der Waals surface area (Å²) in [7, 11) is -0.441. The third kappa shape index (κ3) is 8.61. The lowest BCUT2D eigenvalue weighted by Gasteiger charge is -2.37. The van der Waals surface area contributed by atoms with Gasteiger partial charge in [0.15, 0.2) is 12.4 Å². The van der Waals surface area contributed by atoms with E-state index in [0.29, 0.717) is 24.2 Å². The van der Waals surface area contributed by atoms with Gasteiger partial charge in [-0.25, -0.2) is 0 Å². The number of carbonyl (C=O) groups is 1. The fourth-order valence-corrected chi connectivity index (χ4v) is 12.3. The lowest BCUT2D eigenvalue weighted by atomic mass is 9.95. The molecule has 0 aliphatic carbocycles. The molecule has 13 nitrogen and oxygen atoms in total. The summed E-state index contributed by atoms with van der Waals surface area (Å²) in [5, 5.41) is 63.0. The van der Waals surface area contributed by atoms with Gasteiger partial charge in [0.2, 0.25) is 0 Å². The molecule has 0 spiro atoms. The number of carbonyl (C=O) groups excluding carboxylic acids is 1. The molecule has 3 aromatic carbocycles. The Morgan fingerprint density at radius 1 is 0.926 bits per heavy atom. The molecule has 1 aromatic heterocycles. The van der Waals surface area contributed by atoms with Gasteiger partial charge in [0.25, 0.3) is 5.91 Å². The minimum atomic E-state index is -2.11. The highest BCUT2D eigenvalue weighted by Gasteiger charge is 2.50. The van der Waals surface area contributed by atoms with Crippen LogP contribution in [-0.4, -0.2) is 111 Å². The molecule has 2 aliphatic heterocycles. The third-order valence-electron chi connectivity index (χ3n) is 11.3. The second-order valence-corrected chi connectivity index (χ2v) is 19.7. The first kappa shape index (κ1) is 39.7. The van der Waals surface area contributed by atoms with Crippen molar-refractivity contribution in [1.82, 2.24) is 15.0 Å². The van der Waals surface area contributed by atoms with Crippen molar-refractivity contribution in [3.05, 3.63) is 102 Å². The van der Waals surface area contributed by atoms with Gasteiger partial charge in [-0.05, 0) is 66.1 Å². The van der Waals surface area contributed by atoms with E-state index in [1.807, 2.05) is 71.5 Å². The molecule has 0 saturated carbocycles. The molecule has 2 aliphatic rings. The maximum atomic E-state index is 13.0. The van der Waals surface area contributed by atoms with E-state index in [9.17, 15) is 30.3 Å². The van der Waals surface area contributed by atoms with E-state index in [-0.39, 0.29) is 30.7 Å². The van der Waals surface area contributed by atoms with E-state index in [0.717, 1.165) is 35.4 Å². The molecule has 0 radical (unpaired) electrons. The van der Waals surface area contributed by atoms with E-state index in [2.05, 4.69) is 47.8 Å². The molecule has 1 amide bonds. The lowest BCUT2D eigenvalue weighted by Crippen LogP contribution is -2.60. The smallest absolute Gasteiger partial charge is 0.256 e. The molecule has 6 rings (SSSR count). The van der Waals surface area contributed by atoms with Crippen LogP contribution in [0.2, 0.25) is 18.6 Å². The van der Waals surface area contributed by atoms with Gasteiger partial charge in [-0.1, -0.05) is 85.0 Å². The standard InChI is InChI=1S/C40H52N4O9Si/c1-24-32(18-13-25-9-8-12-27(21-25)41-39(49)37-35(47)34(46)36(48)40(50)53-37)52-33(38(24)54(3,4)29-16-14-28(51-2)15-17-29)19-20-44-22-31(42-43-44)30(23-45)26-10-6-5-7-11-26/h5-12,14-17,21-22,24,30,32-38,40,45-48,50H,13,18-20,23H2,1-4H3,(H,41,49)/t24-,30?,32+,33-,34-,35-,36+,37-,38+,40+/m0/s1. The molecule has 2 saturated heterocycles. The number of aliphatic hydroxyl groups is 5. The van der Waals surface area contributed by atoms with Crippen molar-refractivity contribution in [2.75, 3.05) is 19.0 Å². The SMILES string of the molecule is COc1ccc([Si](C)(C)[C@@H]2[C@@H](C)[C@@H](CCc3cccc(NC(=O)[C@H]4O[C@@H](O)[C@H](O)[C@@H](O)[C@@H]4O)c3)O[C@H]2CCn2cc(C(CO)c3ccccc3)nn2)cc1. The van der Waals surface area contributed by atoms with Crippen molar-refractivity contribution in [3.63, 3.8) is 0 Å². The van der Waals surface area contributed by atoms with Gasteiger partial charge >= 0.3 is 0 Å². The number of amides is 1. The lowest BCUT2D eigenvalue weighted by molar-refractivity contribution is -0.274. The van der Waals surface area contributed by atoms with Crippen LogP contribution in [0.25, 0.3) is 0 Å². The largest absolute Gasteiger partial charge is 0.497 e. The number of hydrogen-bond donors (Lipinski definition) is 6. The van der Waals surface area contributed by atoms with Crippen molar-refractivity contribution in [3.8, 4) is 5.75 Å². The number of nitrogens with zero attached hydrogens (tertiary/aromatic N) is 3. The highest BCUT2D eigenvalue weighted by Crippen LogP contribution is 2.46. The van der Waals surface area contributed by atoms with Gasteiger partial charge in [-0.3, -0.25) is 9.48 Å². The number of ether oxygens (including phenoxy) is 3. The summed E-state index contributed by atoms with van der Waals surface area (Å²) in [6.45, 7) is 7.65. The molecule has 4 aromatic rings. The van der Waals surface area contributed by atoms with Gasteiger partial charge in [0.05, 0.1) is 45.6 Å². The first-order valence-corrected chi connectivity index (χ1v) is 21.6. The van der Waals surface area contributed by atoms with Gasteiger partial charge in [0.1, 0.15) is 24.1 Å². The van der Waals surface area contributed by atoms with E-state index >= 15 is 0 Å². The van der Waals surface area contributed by atoms with Crippen LogP contribution in [0.1, 0.15) is 42.5 Å². The summed E-state index contributed by atoms with van der Waals surface area (Å²) in [6, 6.07) is 25.6. The molecule has 10 atom stereocenters. The molecular weight excluding hydrogens is 709 g/mol. The Balaban J connectivity index is 1.15. The van der Waals surface area contributed by atoms with Gasteiger partial charge in [-0.15, -0.1) is 5.10 Å². The Labute approximate surface area is 316 Å². The highest BCUT2D eigenvalue weighted by atomic mass is 28.3. The number of nitrogens with one attached hydrogen (secondary N) is 1. The third-order valence-corrected chi connectivity index (χ3v) is 15.7. The Bertz CT molecular complexity index is 1830. The maximum Gasteiger partial charge on any atom is 0.256 e. The molecule has 290 valence electrons. The molecule has 1 unspecified atom stereocenters. The van der Waals surface area contributed by atoms with Gasteiger partial charge in [-0.2, -0.15) is 0 Å². The van der Waals surface area contributed by atoms with E-state index in [1.165, 1.54) is 5.19 Å². The first-order valence-electron chi connectivity index (χ1n) is 18.5. The van der Waals surface area contributed by atoms with Crippen molar-refractivity contribution >= 4 is 24.9 Å². The minimum absolute atomic E-state index is 0.0217. The number of aromatic nitrogens is 3. The summed E-state index contributed by atoms with van der Waals surface area (Å²) in [4.78, 5) is 13.0. The summed E-state index contributed by atoms with van der Waals surface area (Å²) in [5.41, 5.74) is 3.45. The van der Waals surface area contributed by atoms with Crippen molar-refractivity contribution < 1.29 is 44.5 Å². The van der Waals surface area contributed by atoms with Gasteiger partial charge < -0.3 is 45.1 Å². The van der Waals surface area contributed by atoms with E-state index in [4.69, 9.17) is 14.2 Å². The van der Waals surface area contributed by atoms with Crippen LogP contribution in [0.4, 0.5) is 5.69 Å². The molecule has 2 fully saturated rings. The average molecular weight is 761 g/mol. The number of benzene rings is 3. The number of aryl methyl sites for hydroxylation is 2. The molecule has 14 heteroatoms. The Morgan fingerprint density at radius 2 is 1.67 bits per heavy atom. The molecule has 0 bridgehead atoms. The van der Waals surface area contributed by atoms with Gasteiger partial charge in [0, 0.05) is 18.4 Å². The van der Waals surface area contributed by atoms with Crippen LogP contribution in [0.15, 0.2) is 85.1 Å². The average Bonchev–Trinajstić information content (AvgIpc) is 3.78. The second-order valence-electron chi connectivity index (χ2n) is 15.0. The monoisotopic (exact) mass is 760 g/mol. The van der Waals surface area contributed by atoms with E-state index in [1.54, 1.807) is 13.2 Å². The quantitative estimate of drug-likeness (QED) is 0.104. The van der Waals surface area contributed by atoms with Crippen molar-refractivity contribution in [2.45, 2.75) is 100 Å². The van der Waals surface area contributed by atoms with Crippen LogP contribution in [0.5, 0.6) is 5.75 Å². The fourth-order valence-electron chi connectivity index (χ4n) is 8.22. The molecule has 54 heavy (non-hydrogen) atoms. The Morgan fingerprint density at radius 3 is 2.37 bits per heavy atom. The van der Waals surface area contributed by atoms with Crippen LogP contribution in [0.3, 0.4) is 0 Å². The molecule has 6 N–H and O–H groups in total. The fraction of sp³-hybridized carbons (Fsp3) is 0.475. The number of rotatable bonds is 14. The summed E-state index contributed by atoms with van der Waals surface area (Å²) < 4.78 is 19.4. The predicted octanol–water partition coefficient (Wildman–Crippen LogP) is 2.56. The number of methoxy groups -OCH3 is 1. The zero-order chi connectivity index (χ0) is 38.6. The summed E-state index contributed by atoms with van der Waals surface area (Å²) in [5.74, 6) is 0.0699. The predicted molar refractivity (Wildman–Crippen MR) is 204 cm³/mol. The zero-order valence-corrected chi connectivity index (χ0v) is 32.1. The summed E-state index contributed by atoms with van der Waals surface area (Å²) >= 11 is 0.